The van der Waals surface area contributed by atoms with Crippen LogP contribution in [-0.2, 0) is 0 Å². The van der Waals surface area contributed by atoms with Crippen LogP contribution in [-0.4, -0.2) is 20.8 Å². The van der Waals surface area contributed by atoms with Crippen LogP contribution in [0, 0.1) is 10.1 Å². The van der Waals surface area contributed by atoms with Gasteiger partial charge in [-0.1, -0.05) is 42.5 Å². The molecular formula is C21H14N4O3. The second kappa shape index (κ2) is 7.24. The van der Waals surface area contributed by atoms with Gasteiger partial charge in [0, 0.05) is 28.6 Å². The van der Waals surface area contributed by atoms with Crippen molar-refractivity contribution >= 4 is 28.3 Å². The Morgan fingerprint density at radius 3 is 2.25 bits per heavy atom. The number of fused-ring (bicyclic) bond motifs is 1. The molecule has 3 aromatic carbocycles. The Balaban J connectivity index is 1.73. The first-order valence-corrected chi connectivity index (χ1v) is 8.50. The summed E-state index contributed by atoms with van der Waals surface area (Å²) in [6, 6.07) is 22.3. The van der Waals surface area contributed by atoms with E-state index in [2.05, 4.69) is 15.3 Å². The van der Waals surface area contributed by atoms with Gasteiger partial charge in [0.25, 0.3) is 11.6 Å². The summed E-state index contributed by atoms with van der Waals surface area (Å²) >= 11 is 0. The molecule has 0 radical (unpaired) electrons. The first-order valence-electron chi connectivity index (χ1n) is 8.50. The van der Waals surface area contributed by atoms with E-state index >= 15 is 0 Å². The summed E-state index contributed by atoms with van der Waals surface area (Å²) in [7, 11) is 0. The van der Waals surface area contributed by atoms with Crippen molar-refractivity contribution in [1.82, 2.24) is 9.97 Å². The van der Waals surface area contributed by atoms with E-state index < -0.39 is 10.8 Å². The van der Waals surface area contributed by atoms with Crippen molar-refractivity contribution < 1.29 is 9.72 Å². The van der Waals surface area contributed by atoms with Gasteiger partial charge in [-0.3, -0.25) is 14.9 Å². The molecule has 0 saturated carbocycles. The summed E-state index contributed by atoms with van der Waals surface area (Å²) in [6.45, 7) is 0. The maximum atomic E-state index is 12.6. The zero-order chi connectivity index (χ0) is 19.5. The Kier molecular flexibility index (Phi) is 4.47. The highest BCUT2D eigenvalue weighted by Crippen LogP contribution is 2.25. The fourth-order valence-electron chi connectivity index (χ4n) is 2.80. The van der Waals surface area contributed by atoms with Gasteiger partial charge in [0.15, 0.2) is 5.82 Å². The van der Waals surface area contributed by atoms with Gasteiger partial charge in [0.1, 0.15) is 5.82 Å². The minimum Gasteiger partial charge on any atom is -0.306 e. The van der Waals surface area contributed by atoms with Crippen molar-refractivity contribution in [1.29, 1.82) is 0 Å². The first kappa shape index (κ1) is 17.3. The number of hydrogen-bond donors (Lipinski definition) is 1. The molecule has 1 amide bonds. The minimum absolute atomic E-state index is 0.0737. The lowest BCUT2D eigenvalue weighted by atomic mass is 10.1. The number of benzene rings is 3. The fourth-order valence-corrected chi connectivity index (χ4v) is 2.80. The maximum Gasteiger partial charge on any atom is 0.269 e. The topological polar surface area (TPSA) is 98.0 Å². The number of aromatic nitrogens is 2. The molecule has 0 saturated heterocycles. The lowest BCUT2D eigenvalue weighted by molar-refractivity contribution is -0.384. The summed E-state index contributed by atoms with van der Waals surface area (Å²) in [4.78, 5) is 32.0. The molecule has 0 aliphatic carbocycles. The Morgan fingerprint density at radius 2 is 1.54 bits per heavy atom. The molecule has 28 heavy (non-hydrogen) atoms. The number of hydrogen-bond acceptors (Lipinski definition) is 5. The average Bonchev–Trinajstić information content (AvgIpc) is 2.74. The minimum atomic E-state index is -0.508. The molecule has 0 fully saturated rings. The number of nitrogens with one attached hydrogen (secondary N) is 1. The number of nitrogens with zero attached hydrogens (tertiary/aromatic N) is 3. The second-order valence-electron chi connectivity index (χ2n) is 6.04. The van der Waals surface area contributed by atoms with Gasteiger partial charge < -0.3 is 5.32 Å². The Morgan fingerprint density at radius 1 is 0.857 bits per heavy atom. The molecule has 0 aliphatic heterocycles. The zero-order valence-electron chi connectivity index (χ0n) is 14.6. The normalized spacial score (nSPS) is 10.6. The highest BCUT2D eigenvalue weighted by Gasteiger charge is 2.14. The van der Waals surface area contributed by atoms with E-state index in [0.29, 0.717) is 28.1 Å². The number of rotatable bonds is 4. The molecule has 0 aliphatic rings. The maximum absolute atomic E-state index is 12.6. The van der Waals surface area contributed by atoms with Crippen LogP contribution in [0.25, 0.3) is 22.3 Å². The van der Waals surface area contributed by atoms with E-state index in [0.717, 1.165) is 5.56 Å². The Bertz CT molecular complexity index is 1180. The molecule has 7 nitrogen and oxygen atoms in total. The molecule has 0 spiro atoms. The van der Waals surface area contributed by atoms with E-state index in [-0.39, 0.29) is 5.69 Å². The number of para-hydroxylation sites is 1. The molecule has 136 valence electrons. The predicted molar refractivity (Wildman–Crippen MR) is 106 cm³/mol. The van der Waals surface area contributed by atoms with Crippen molar-refractivity contribution in [2.45, 2.75) is 0 Å². The Labute approximate surface area is 159 Å². The van der Waals surface area contributed by atoms with Crippen molar-refractivity contribution in [3.8, 4) is 11.4 Å². The zero-order valence-corrected chi connectivity index (χ0v) is 14.6. The van der Waals surface area contributed by atoms with Gasteiger partial charge in [-0.05, 0) is 24.3 Å². The smallest absolute Gasteiger partial charge is 0.269 e. The quantitative estimate of drug-likeness (QED) is 0.422. The standard InChI is InChI=1S/C21H14N4O3/c26-21(15-10-12-16(13-11-15)25(27)28)24-20-17-8-4-5-9-18(17)22-19(23-20)14-6-2-1-3-7-14/h1-13H,(H,22,23,24,26). The molecule has 1 N–H and O–H groups in total. The molecule has 0 bridgehead atoms. The lowest BCUT2D eigenvalue weighted by Gasteiger charge is -2.10. The van der Waals surface area contributed by atoms with E-state index in [1.54, 1.807) is 0 Å². The summed E-state index contributed by atoms with van der Waals surface area (Å²) in [5, 5.41) is 14.3. The number of nitro benzene ring substituents is 1. The third-order valence-electron chi connectivity index (χ3n) is 4.21. The van der Waals surface area contributed by atoms with Crippen molar-refractivity contribution in [2.75, 3.05) is 5.32 Å². The predicted octanol–water partition coefficient (Wildman–Crippen LogP) is 4.46. The number of non-ortho nitro benzene ring substituents is 1. The van der Waals surface area contributed by atoms with E-state index in [1.807, 2.05) is 54.6 Å². The molecule has 4 rings (SSSR count). The molecule has 0 unspecified atom stereocenters. The van der Waals surface area contributed by atoms with Gasteiger partial charge in [-0.25, -0.2) is 9.97 Å². The highest BCUT2D eigenvalue weighted by atomic mass is 16.6. The van der Waals surface area contributed by atoms with E-state index in [9.17, 15) is 14.9 Å². The third kappa shape index (κ3) is 3.41. The summed E-state index contributed by atoms with van der Waals surface area (Å²) in [5.41, 5.74) is 1.76. The van der Waals surface area contributed by atoms with E-state index in [1.165, 1.54) is 24.3 Å². The van der Waals surface area contributed by atoms with Crippen molar-refractivity contribution in [3.05, 3.63) is 94.5 Å². The molecule has 1 heterocycles. The number of carbonyl (C=O) groups is 1. The fraction of sp³-hybridized carbons (Fsp3) is 0. The first-order chi connectivity index (χ1) is 13.6. The number of nitro groups is 1. The second-order valence-corrected chi connectivity index (χ2v) is 6.04. The average molecular weight is 370 g/mol. The number of carbonyl (C=O) groups excluding carboxylic acids is 1. The summed E-state index contributed by atoms with van der Waals surface area (Å²) in [6.07, 6.45) is 0. The Hall–Kier alpha value is -4.13. The van der Waals surface area contributed by atoms with Crippen LogP contribution in [0.1, 0.15) is 10.4 Å². The third-order valence-corrected chi connectivity index (χ3v) is 4.21. The van der Waals surface area contributed by atoms with Crippen LogP contribution in [0.3, 0.4) is 0 Å². The van der Waals surface area contributed by atoms with Crippen LogP contribution < -0.4 is 5.32 Å². The molecule has 1 aromatic heterocycles. The SMILES string of the molecule is O=C(Nc1nc(-c2ccccc2)nc2ccccc12)c1ccc([N+](=O)[O-])cc1. The summed E-state index contributed by atoms with van der Waals surface area (Å²) in [5.74, 6) is 0.476. The molecule has 4 aromatic rings. The summed E-state index contributed by atoms with van der Waals surface area (Å²) < 4.78 is 0. The molecule has 0 atom stereocenters. The van der Waals surface area contributed by atoms with Crippen LogP contribution in [0.2, 0.25) is 0 Å². The van der Waals surface area contributed by atoms with Crippen molar-refractivity contribution in [3.63, 3.8) is 0 Å². The number of amides is 1. The van der Waals surface area contributed by atoms with Crippen LogP contribution >= 0.6 is 0 Å². The van der Waals surface area contributed by atoms with E-state index in [4.69, 9.17) is 0 Å². The van der Waals surface area contributed by atoms with Gasteiger partial charge in [0.2, 0.25) is 0 Å². The van der Waals surface area contributed by atoms with Gasteiger partial charge in [-0.2, -0.15) is 0 Å². The highest BCUT2D eigenvalue weighted by molar-refractivity contribution is 6.08. The van der Waals surface area contributed by atoms with Crippen LogP contribution in [0.15, 0.2) is 78.9 Å². The van der Waals surface area contributed by atoms with Crippen LogP contribution in [0.5, 0.6) is 0 Å². The molecule has 7 heteroatoms. The lowest BCUT2D eigenvalue weighted by Crippen LogP contribution is -2.14. The number of anilines is 1. The largest absolute Gasteiger partial charge is 0.306 e. The van der Waals surface area contributed by atoms with Gasteiger partial charge in [-0.15, -0.1) is 0 Å². The monoisotopic (exact) mass is 370 g/mol. The molecular weight excluding hydrogens is 356 g/mol. The van der Waals surface area contributed by atoms with Gasteiger partial charge in [0.05, 0.1) is 10.4 Å². The van der Waals surface area contributed by atoms with Crippen LogP contribution in [0.4, 0.5) is 11.5 Å². The van der Waals surface area contributed by atoms with Crippen molar-refractivity contribution in [2.24, 2.45) is 0 Å². The van der Waals surface area contributed by atoms with Gasteiger partial charge >= 0.3 is 0 Å².